The van der Waals surface area contributed by atoms with E-state index in [1.807, 2.05) is 41.4 Å². The second-order valence-corrected chi connectivity index (χ2v) is 6.95. The summed E-state index contributed by atoms with van der Waals surface area (Å²) in [6.07, 6.45) is 4.77. The number of aromatic nitrogens is 2. The van der Waals surface area contributed by atoms with Gasteiger partial charge in [-0.05, 0) is 55.3 Å². The number of Topliss-reactive ketones (excluding diaryl/α,β-unsaturated/α-hetero) is 1. The third-order valence-electron chi connectivity index (χ3n) is 5.19. The van der Waals surface area contributed by atoms with Crippen LogP contribution in [0.3, 0.4) is 0 Å². The zero-order valence-electron chi connectivity index (χ0n) is 15.4. The number of phenolic OH excluding ortho intramolecular Hbond substituents is 1. The summed E-state index contributed by atoms with van der Waals surface area (Å²) in [6.45, 7) is 1.08. The standard InChI is InChI=1S/C22H21N3O3/c26-18-8-6-16(7-9-18)21(27)17-10-14-24(15-11-17)22(28)19-4-1-2-5-20(19)25-13-3-12-23-25/h1-9,12-13,17,26H,10-11,14-15H2. The van der Waals surface area contributed by atoms with Crippen LogP contribution in [-0.2, 0) is 0 Å². The number of para-hydroxylation sites is 1. The minimum Gasteiger partial charge on any atom is -0.508 e. The number of rotatable bonds is 4. The quantitative estimate of drug-likeness (QED) is 0.710. The number of carbonyl (C=O) groups is 2. The topological polar surface area (TPSA) is 75.4 Å². The molecule has 0 unspecified atom stereocenters. The van der Waals surface area contributed by atoms with Gasteiger partial charge in [0, 0.05) is 37.0 Å². The summed E-state index contributed by atoms with van der Waals surface area (Å²) in [5, 5.41) is 13.6. The van der Waals surface area contributed by atoms with Crippen molar-refractivity contribution in [3.63, 3.8) is 0 Å². The van der Waals surface area contributed by atoms with Crippen LogP contribution in [0, 0.1) is 5.92 Å². The van der Waals surface area contributed by atoms with E-state index >= 15 is 0 Å². The number of carbonyl (C=O) groups excluding carboxylic acids is 2. The van der Waals surface area contributed by atoms with Crippen molar-refractivity contribution >= 4 is 11.7 Å². The highest BCUT2D eigenvalue weighted by Crippen LogP contribution is 2.25. The van der Waals surface area contributed by atoms with Crippen molar-refractivity contribution in [2.45, 2.75) is 12.8 Å². The van der Waals surface area contributed by atoms with Crippen molar-refractivity contribution in [1.82, 2.24) is 14.7 Å². The Hall–Kier alpha value is -3.41. The Morgan fingerprint density at radius 1 is 0.964 bits per heavy atom. The molecule has 4 rings (SSSR count). The highest BCUT2D eigenvalue weighted by atomic mass is 16.3. The van der Waals surface area contributed by atoms with Gasteiger partial charge in [0.1, 0.15) is 5.75 Å². The Kier molecular flexibility index (Phi) is 4.93. The number of ketones is 1. The monoisotopic (exact) mass is 375 g/mol. The lowest BCUT2D eigenvalue weighted by Gasteiger charge is -2.31. The van der Waals surface area contributed by atoms with Crippen LogP contribution in [-0.4, -0.2) is 44.6 Å². The van der Waals surface area contributed by atoms with Gasteiger partial charge in [-0.25, -0.2) is 4.68 Å². The number of amides is 1. The number of phenols is 1. The second-order valence-electron chi connectivity index (χ2n) is 6.95. The fraction of sp³-hybridized carbons (Fsp3) is 0.227. The number of hydrogen-bond donors (Lipinski definition) is 1. The first kappa shape index (κ1) is 18.0. The predicted octanol–water partition coefficient (Wildman–Crippen LogP) is 3.31. The maximum Gasteiger partial charge on any atom is 0.256 e. The molecule has 1 aromatic heterocycles. The number of nitrogens with zero attached hydrogens (tertiary/aromatic N) is 3. The third kappa shape index (κ3) is 3.53. The molecule has 3 aromatic rings. The van der Waals surface area contributed by atoms with Crippen LogP contribution in [0.2, 0.25) is 0 Å². The van der Waals surface area contributed by atoms with Crippen molar-refractivity contribution in [3.05, 3.63) is 78.1 Å². The average molecular weight is 375 g/mol. The second kappa shape index (κ2) is 7.68. The van der Waals surface area contributed by atoms with Crippen LogP contribution in [0.4, 0.5) is 0 Å². The van der Waals surface area contributed by atoms with Gasteiger partial charge in [-0.2, -0.15) is 5.10 Å². The van der Waals surface area contributed by atoms with Crippen molar-refractivity contribution in [2.24, 2.45) is 5.92 Å². The van der Waals surface area contributed by atoms with Gasteiger partial charge in [-0.3, -0.25) is 9.59 Å². The summed E-state index contributed by atoms with van der Waals surface area (Å²) in [5.74, 6) is 0.0773. The molecule has 0 spiro atoms. The van der Waals surface area contributed by atoms with E-state index in [9.17, 15) is 14.7 Å². The SMILES string of the molecule is O=C(c1ccc(O)cc1)C1CCN(C(=O)c2ccccc2-n2cccn2)CC1. The molecule has 1 N–H and O–H groups in total. The van der Waals surface area contributed by atoms with E-state index < -0.39 is 0 Å². The minimum absolute atomic E-state index is 0.0402. The lowest BCUT2D eigenvalue weighted by atomic mass is 9.88. The fourth-order valence-corrected chi connectivity index (χ4v) is 3.64. The lowest BCUT2D eigenvalue weighted by Crippen LogP contribution is -2.40. The Labute approximate surface area is 163 Å². The largest absolute Gasteiger partial charge is 0.508 e. The van der Waals surface area contributed by atoms with E-state index in [2.05, 4.69) is 5.10 Å². The summed E-state index contributed by atoms with van der Waals surface area (Å²) in [5.41, 5.74) is 1.96. The molecular formula is C22H21N3O3. The fourth-order valence-electron chi connectivity index (χ4n) is 3.64. The van der Waals surface area contributed by atoms with E-state index in [1.54, 1.807) is 23.0 Å². The number of hydrogen-bond acceptors (Lipinski definition) is 4. The summed E-state index contributed by atoms with van der Waals surface area (Å²) >= 11 is 0. The highest BCUT2D eigenvalue weighted by molar-refractivity contribution is 5.99. The van der Waals surface area contributed by atoms with Gasteiger partial charge in [-0.1, -0.05) is 12.1 Å². The van der Waals surface area contributed by atoms with Gasteiger partial charge in [0.2, 0.25) is 0 Å². The van der Waals surface area contributed by atoms with Crippen molar-refractivity contribution in [2.75, 3.05) is 13.1 Å². The zero-order chi connectivity index (χ0) is 19.5. The van der Waals surface area contributed by atoms with Crippen LogP contribution in [0.15, 0.2) is 67.0 Å². The summed E-state index contributed by atoms with van der Waals surface area (Å²) < 4.78 is 1.69. The number of likely N-dealkylation sites (tertiary alicyclic amines) is 1. The molecule has 1 fully saturated rings. The molecule has 0 radical (unpaired) electrons. The number of aromatic hydroxyl groups is 1. The normalized spacial score (nSPS) is 14.8. The molecule has 2 heterocycles. The Bertz CT molecular complexity index is 973. The van der Waals surface area contributed by atoms with Gasteiger partial charge < -0.3 is 10.0 Å². The number of benzene rings is 2. The van der Waals surface area contributed by atoms with Crippen LogP contribution in [0.25, 0.3) is 5.69 Å². The highest BCUT2D eigenvalue weighted by Gasteiger charge is 2.29. The minimum atomic E-state index is -0.102. The van der Waals surface area contributed by atoms with Crippen molar-refractivity contribution in [3.8, 4) is 11.4 Å². The Morgan fingerprint density at radius 2 is 1.68 bits per heavy atom. The molecule has 2 aromatic carbocycles. The van der Waals surface area contributed by atoms with E-state index in [0.717, 1.165) is 5.69 Å². The molecule has 0 bridgehead atoms. The smallest absolute Gasteiger partial charge is 0.256 e. The first-order valence-corrected chi connectivity index (χ1v) is 9.35. The average Bonchev–Trinajstić information content (AvgIpc) is 3.28. The molecule has 142 valence electrons. The molecule has 0 saturated carbocycles. The molecule has 1 aliphatic heterocycles. The third-order valence-corrected chi connectivity index (χ3v) is 5.19. The molecular weight excluding hydrogens is 354 g/mol. The van der Waals surface area contributed by atoms with Crippen LogP contribution in [0.1, 0.15) is 33.6 Å². The molecule has 28 heavy (non-hydrogen) atoms. The predicted molar refractivity (Wildman–Crippen MR) is 105 cm³/mol. The first-order chi connectivity index (χ1) is 13.6. The Morgan fingerprint density at radius 3 is 2.36 bits per heavy atom. The van der Waals surface area contributed by atoms with E-state index in [-0.39, 0.29) is 23.4 Å². The van der Waals surface area contributed by atoms with E-state index in [0.29, 0.717) is 37.1 Å². The van der Waals surface area contributed by atoms with Gasteiger partial charge >= 0.3 is 0 Å². The first-order valence-electron chi connectivity index (χ1n) is 9.35. The molecule has 1 saturated heterocycles. The molecule has 1 amide bonds. The maximum atomic E-state index is 13.1. The molecule has 0 atom stereocenters. The van der Waals surface area contributed by atoms with Crippen molar-refractivity contribution < 1.29 is 14.7 Å². The van der Waals surface area contributed by atoms with E-state index in [1.165, 1.54) is 12.1 Å². The summed E-state index contributed by atoms with van der Waals surface area (Å²) in [6, 6.07) is 15.6. The summed E-state index contributed by atoms with van der Waals surface area (Å²) in [4.78, 5) is 27.6. The lowest BCUT2D eigenvalue weighted by molar-refractivity contribution is 0.0650. The molecule has 1 aliphatic rings. The molecule has 6 nitrogen and oxygen atoms in total. The van der Waals surface area contributed by atoms with Crippen LogP contribution >= 0.6 is 0 Å². The van der Waals surface area contributed by atoms with E-state index in [4.69, 9.17) is 0 Å². The molecule has 6 heteroatoms. The van der Waals surface area contributed by atoms with Gasteiger partial charge in [0.05, 0.1) is 11.3 Å². The summed E-state index contributed by atoms with van der Waals surface area (Å²) in [7, 11) is 0. The van der Waals surface area contributed by atoms with Crippen LogP contribution < -0.4 is 0 Å². The van der Waals surface area contributed by atoms with Gasteiger partial charge in [0.15, 0.2) is 5.78 Å². The maximum absolute atomic E-state index is 13.1. The van der Waals surface area contributed by atoms with Gasteiger partial charge in [-0.15, -0.1) is 0 Å². The zero-order valence-corrected chi connectivity index (χ0v) is 15.4. The van der Waals surface area contributed by atoms with Gasteiger partial charge in [0.25, 0.3) is 5.91 Å². The molecule has 0 aliphatic carbocycles. The van der Waals surface area contributed by atoms with Crippen LogP contribution in [0.5, 0.6) is 5.75 Å². The number of piperidine rings is 1. The Balaban J connectivity index is 1.45. The van der Waals surface area contributed by atoms with Crippen molar-refractivity contribution in [1.29, 1.82) is 0 Å².